The van der Waals surface area contributed by atoms with Gasteiger partial charge in [-0.3, -0.25) is 10.1 Å². The van der Waals surface area contributed by atoms with E-state index >= 15 is 0 Å². The van der Waals surface area contributed by atoms with Crippen molar-refractivity contribution in [1.82, 2.24) is 5.32 Å². The van der Waals surface area contributed by atoms with Crippen LogP contribution in [-0.2, 0) is 4.79 Å². The van der Waals surface area contributed by atoms with Crippen molar-refractivity contribution in [2.45, 2.75) is 18.3 Å². The number of benzene rings is 3. The Labute approximate surface area is 208 Å². The molecule has 2 atom stereocenters. The van der Waals surface area contributed by atoms with Crippen molar-refractivity contribution in [3.63, 3.8) is 0 Å². The number of aliphatic carboxylic acids is 1. The summed E-state index contributed by atoms with van der Waals surface area (Å²) in [4.78, 5) is 11.3. The van der Waals surface area contributed by atoms with Gasteiger partial charge in [0.05, 0.1) is 17.0 Å². The van der Waals surface area contributed by atoms with Crippen LogP contribution in [0.5, 0.6) is 17.2 Å². The first-order valence-electron chi connectivity index (χ1n) is 11.0. The molecule has 34 heavy (non-hydrogen) atoms. The third-order valence-corrected chi connectivity index (χ3v) is 6.82. The van der Waals surface area contributed by atoms with E-state index in [4.69, 9.17) is 25.8 Å². The van der Waals surface area contributed by atoms with Gasteiger partial charge in [-0.05, 0) is 36.2 Å². The van der Waals surface area contributed by atoms with E-state index in [0.717, 1.165) is 22.4 Å². The monoisotopic (exact) mass is 499 g/mol. The Bertz CT molecular complexity index is 1130. The number of rotatable bonds is 10. The highest BCUT2D eigenvalue weighted by Crippen LogP contribution is 2.42. The van der Waals surface area contributed by atoms with Crippen LogP contribution in [0.25, 0.3) is 11.1 Å². The van der Waals surface area contributed by atoms with E-state index < -0.39 is 12.0 Å². The fourth-order valence-corrected chi connectivity index (χ4v) is 5.18. The first-order chi connectivity index (χ1) is 16.6. The zero-order valence-corrected chi connectivity index (χ0v) is 20.3. The third-order valence-electron chi connectivity index (χ3n) is 5.27. The smallest absolute Gasteiger partial charge is 0.321 e. The van der Waals surface area contributed by atoms with E-state index in [2.05, 4.69) is 5.32 Å². The van der Waals surface area contributed by atoms with Crippen LogP contribution in [0.4, 0.5) is 0 Å². The molecule has 0 spiro atoms. The summed E-state index contributed by atoms with van der Waals surface area (Å²) in [5.74, 6) is 1.38. The Kier molecular flexibility index (Phi) is 8.21. The summed E-state index contributed by atoms with van der Waals surface area (Å²) in [5.41, 5.74) is 2.95. The van der Waals surface area contributed by atoms with Gasteiger partial charge in [-0.1, -0.05) is 60.1 Å². The lowest BCUT2D eigenvalue weighted by Gasteiger charge is -2.18. The maximum atomic E-state index is 11.3. The van der Waals surface area contributed by atoms with Gasteiger partial charge < -0.3 is 19.3 Å². The van der Waals surface area contributed by atoms with E-state index in [-0.39, 0.29) is 12.0 Å². The molecule has 1 heterocycles. The molecule has 1 aliphatic heterocycles. The lowest BCUT2D eigenvalue weighted by molar-refractivity contribution is -0.138. The number of nitrogens with one attached hydrogen (secondary N) is 1. The molecule has 1 aliphatic rings. The molecule has 2 unspecified atom stereocenters. The van der Waals surface area contributed by atoms with Gasteiger partial charge in [-0.25, -0.2) is 0 Å². The maximum Gasteiger partial charge on any atom is 0.321 e. The minimum absolute atomic E-state index is 0.176. The van der Waals surface area contributed by atoms with Gasteiger partial charge >= 0.3 is 5.97 Å². The number of halogens is 1. The van der Waals surface area contributed by atoms with Crippen LogP contribution in [0.1, 0.15) is 17.9 Å². The standard InChI is InChI=1S/C26H26ClNO5S/c1-2-31-23-15-18(25-28-21(16-34-25)26(29)30)14-20(27)24(23)33-13-12-32-22-11-7-6-10-19(22)17-8-4-3-5-9-17/h3-11,14-15,21,25,28H,2,12-13,16H2,1H3,(H,29,30). The Balaban J connectivity index is 1.42. The van der Waals surface area contributed by atoms with Crippen molar-refractivity contribution >= 4 is 29.3 Å². The number of hydrogen-bond donors (Lipinski definition) is 2. The molecule has 8 heteroatoms. The number of hydrogen-bond acceptors (Lipinski definition) is 6. The van der Waals surface area contributed by atoms with Crippen LogP contribution < -0.4 is 19.5 Å². The summed E-state index contributed by atoms with van der Waals surface area (Å²) in [6, 6.07) is 21.0. The molecule has 0 aliphatic carbocycles. The molecule has 4 rings (SSSR count). The zero-order valence-electron chi connectivity index (χ0n) is 18.7. The van der Waals surface area contributed by atoms with Gasteiger partial charge in [0.2, 0.25) is 0 Å². The number of carbonyl (C=O) groups is 1. The Morgan fingerprint density at radius 1 is 1.03 bits per heavy atom. The van der Waals surface area contributed by atoms with Gasteiger partial charge in [-0.15, -0.1) is 11.8 Å². The van der Waals surface area contributed by atoms with Crippen LogP contribution >= 0.6 is 23.4 Å². The summed E-state index contributed by atoms with van der Waals surface area (Å²) >= 11 is 8.07. The summed E-state index contributed by atoms with van der Waals surface area (Å²) in [5, 5.41) is 12.6. The van der Waals surface area contributed by atoms with E-state index in [1.54, 1.807) is 6.07 Å². The Morgan fingerprint density at radius 3 is 2.50 bits per heavy atom. The molecule has 178 valence electrons. The van der Waals surface area contributed by atoms with Crippen LogP contribution in [-0.4, -0.2) is 42.7 Å². The maximum absolute atomic E-state index is 11.3. The third kappa shape index (κ3) is 5.78. The summed E-state index contributed by atoms with van der Waals surface area (Å²) in [7, 11) is 0. The van der Waals surface area contributed by atoms with Gasteiger partial charge in [-0.2, -0.15) is 0 Å². The van der Waals surface area contributed by atoms with Crippen molar-refractivity contribution in [1.29, 1.82) is 0 Å². The van der Waals surface area contributed by atoms with E-state index in [9.17, 15) is 9.90 Å². The predicted octanol–water partition coefficient (Wildman–Crippen LogP) is 5.65. The summed E-state index contributed by atoms with van der Waals surface area (Å²) in [6.07, 6.45) is 0. The molecule has 3 aromatic rings. The van der Waals surface area contributed by atoms with Crippen molar-refractivity contribution in [2.24, 2.45) is 0 Å². The van der Waals surface area contributed by atoms with E-state index in [1.165, 1.54) is 11.8 Å². The summed E-state index contributed by atoms with van der Waals surface area (Å²) < 4.78 is 17.8. The summed E-state index contributed by atoms with van der Waals surface area (Å²) in [6.45, 7) is 2.94. The molecule has 1 fully saturated rings. The number of para-hydroxylation sites is 1. The molecule has 0 saturated carbocycles. The van der Waals surface area contributed by atoms with Crippen LogP contribution in [0.3, 0.4) is 0 Å². The fraction of sp³-hybridized carbons (Fsp3) is 0.269. The molecule has 0 aromatic heterocycles. The minimum atomic E-state index is -0.861. The zero-order chi connectivity index (χ0) is 23.9. The Morgan fingerprint density at radius 2 is 1.76 bits per heavy atom. The average molecular weight is 500 g/mol. The fourth-order valence-electron chi connectivity index (χ4n) is 3.69. The van der Waals surface area contributed by atoms with Crippen molar-refractivity contribution in [3.8, 4) is 28.4 Å². The average Bonchev–Trinajstić information content (AvgIpc) is 3.35. The normalized spacial score (nSPS) is 17.4. The second-order valence-electron chi connectivity index (χ2n) is 7.59. The predicted molar refractivity (Wildman–Crippen MR) is 135 cm³/mol. The molecule has 2 N–H and O–H groups in total. The lowest BCUT2D eigenvalue weighted by Crippen LogP contribution is -2.33. The first-order valence-corrected chi connectivity index (χ1v) is 12.5. The highest BCUT2D eigenvalue weighted by Gasteiger charge is 2.31. The van der Waals surface area contributed by atoms with Gasteiger partial charge in [0.15, 0.2) is 11.5 Å². The highest BCUT2D eigenvalue weighted by molar-refractivity contribution is 7.99. The molecular weight excluding hydrogens is 474 g/mol. The molecule has 0 amide bonds. The van der Waals surface area contributed by atoms with E-state index in [0.29, 0.717) is 35.5 Å². The quantitative estimate of drug-likeness (QED) is 0.349. The number of thioether (sulfide) groups is 1. The second-order valence-corrected chi connectivity index (χ2v) is 9.14. The molecule has 1 saturated heterocycles. The number of carboxylic acid groups (broad SMARTS) is 1. The topological polar surface area (TPSA) is 77.0 Å². The molecular formula is C26H26ClNO5S. The Hall–Kier alpha value is -2.87. The first kappa shape index (κ1) is 24.3. The number of ether oxygens (including phenoxy) is 3. The van der Waals surface area contributed by atoms with Crippen LogP contribution in [0.15, 0.2) is 66.7 Å². The van der Waals surface area contributed by atoms with Crippen LogP contribution in [0.2, 0.25) is 5.02 Å². The van der Waals surface area contributed by atoms with Gasteiger partial charge in [0, 0.05) is 11.3 Å². The largest absolute Gasteiger partial charge is 0.490 e. The lowest BCUT2D eigenvalue weighted by atomic mass is 10.1. The van der Waals surface area contributed by atoms with Gasteiger partial charge in [0.1, 0.15) is 25.0 Å². The van der Waals surface area contributed by atoms with Crippen LogP contribution in [0, 0.1) is 0 Å². The van der Waals surface area contributed by atoms with E-state index in [1.807, 2.05) is 67.6 Å². The second kappa shape index (κ2) is 11.5. The molecule has 6 nitrogen and oxygen atoms in total. The molecule has 0 bridgehead atoms. The van der Waals surface area contributed by atoms with Crippen molar-refractivity contribution < 1.29 is 24.1 Å². The SMILES string of the molecule is CCOc1cc(C2NC(C(=O)O)CS2)cc(Cl)c1OCCOc1ccccc1-c1ccccc1. The molecule has 0 radical (unpaired) electrons. The molecule has 3 aromatic carbocycles. The number of carboxylic acids is 1. The van der Waals surface area contributed by atoms with Crippen molar-refractivity contribution in [3.05, 3.63) is 77.3 Å². The van der Waals surface area contributed by atoms with Crippen molar-refractivity contribution in [2.75, 3.05) is 25.6 Å². The highest BCUT2D eigenvalue weighted by atomic mass is 35.5. The van der Waals surface area contributed by atoms with Gasteiger partial charge in [0.25, 0.3) is 0 Å². The minimum Gasteiger partial charge on any atom is -0.490 e.